The Bertz CT molecular complexity index is 1510. The number of anilines is 1. The van der Waals surface area contributed by atoms with Crippen LogP contribution in [0.5, 0.6) is 11.5 Å². The summed E-state index contributed by atoms with van der Waals surface area (Å²) in [5.41, 5.74) is 2.53. The van der Waals surface area contributed by atoms with Crippen molar-refractivity contribution in [3.8, 4) is 11.5 Å². The summed E-state index contributed by atoms with van der Waals surface area (Å²) in [5.74, 6) is -0.00499. The number of aromatic nitrogens is 1. The molecule has 0 aliphatic carbocycles. The van der Waals surface area contributed by atoms with E-state index in [-0.39, 0.29) is 5.91 Å². The Morgan fingerprint density at radius 2 is 1.42 bits per heavy atom. The van der Waals surface area contributed by atoms with Crippen molar-refractivity contribution in [1.82, 2.24) is 9.88 Å². The van der Waals surface area contributed by atoms with Gasteiger partial charge in [0.2, 0.25) is 0 Å². The molecule has 8 nitrogen and oxygen atoms in total. The van der Waals surface area contributed by atoms with E-state index in [1.54, 1.807) is 79.9 Å². The highest BCUT2D eigenvalue weighted by Crippen LogP contribution is 2.47. The fraction of sp³-hybridized carbons (Fsp3) is 0.143. The number of methoxy groups -OCH3 is 2. The first-order valence-corrected chi connectivity index (χ1v) is 11.4. The second-order valence-electron chi connectivity index (χ2n) is 8.58. The lowest BCUT2D eigenvalue weighted by Gasteiger charge is -2.49. The van der Waals surface area contributed by atoms with E-state index in [1.165, 1.54) is 0 Å². The monoisotopic (exact) mass is 479 g/mol. The number of carbonyl (C=O) groups is 3. The van der Waals surface area contributed by atoms with Gasteiger partial charge in [-0.2, -0.15) is 0 Å². The number of hydrogen-bond acceptors (Lipinski definition) is 6. The normalized spacial score (nSPS) is 18.9. The summed E-state index contributed by atoms with van der Waals surface area (Å²) in [5, 5.41) is 0.753. The first-order chi connectivity index (χ1) is 17.5. The molecule has 3 aromatic carbocycles. The number of hydrogen-bond donors (Lipinski definition) is 0. The Morgan fingerprint density at radius 3 is 2.06 bits per heavy atom. The second kappa shape index (κ2) is 8.20. The molecule has 8 heteroatoms. The third-order valence-electron chi connectivity index (χ3n) is 6.82. The molecule has 0 unspecified atom stereocenters. The number of amides is 3. The predicted octanol–water partition coefficient (Wildman–Crippen LogP) is 4.00. The van der Waals surface area contributed by atoms with E-state index in [0.717, 1.165) is 15.8 Å². The molecule has 0 saturated carbocycles. The molecule has 3 amide bonds. The molecule has 0 spiro atoms. The summed E-state index contributed by atoms with van der Waals surface area (Å²) >= 11 is 0. The molecule has 0 bridgehead atoms. The average Bonchev–Trinajstić information content (AvgIpc) is 3.17. The molecule has 1 saturated heterocycles. The Morgan fingerprint density at radius 1 is 0.722 bits per heavy atom. The van der Waals surface area contributed by atoms with Gasteiger partial charge in [0.1, 0.15) is 17.5 Å². The molecule has 3 heterocycles. The van der Waals surface area contributed by atoms with Crippen molar-refractivity contribution in [1.29, 1.82) is 0 Å². The highest BCUT2D eigenvalue weighted by Gasteiger charge is 2.57. The van der Waals surface area contributed by atoms with E-state index in [9.17, 15) is 14.4 Å². The summed E-state index contributed by atoms with van der Waals surface area (Å²) in [4.78, 5) is 47.6. The molecule has 0 radical (unpaired) electrons. The molecular formula is C28H21N3O5. The van der Waals surface area contributed by atoms with Gasteiger partial charge in [0, 0.05) is 11.6 Å². The third-order valence-corrected chi connectivity index (χ3v) is 6.82. The van der Waals surface area contributed by atoms with Crippen LogP contribution in [0.4, 0.5) is 5.69 Å². The lowest BCUT2D eigenvalue weighted by molar-refractivity contribution is -0.130. The SMILES string of the molecule is COc1ccc([C@H]2[C@H](N3C(=O)c4ccccc4C3=O)C(=O)N2c2ccc(OC)c3cccnc23)cc1. The summed E-state index contributed by atoms with van der Waals surface area (Å²) in [7, 11) is 3.15. The standard InChI is InChI=1S/C28H21N3O5/c1-35-17-11-9-16(10-12-17)24-25(31-26(32)18-6-3-4-7-19(18)27(31)33)28(34)30(24)21-13-14-22(36-2)20-8-5-15-29-23(20)21/h3-15,24-25H,1-2H3/t24-,25-/m0/s1. The molecule has 2 atom stereocenters. The molecule has 6 rings (SSSR count). The fourth-order valence-electron chi connectivity index (χ4n) is 5.09. The van der Waals surface area contributed by atoms with E-state index in [2.05, 4.69) is 4.98 Å². The van der Waals surface area contributed by atoms with E-state index in [1.807, 2.05) is 18.2 Å². The van der Waals surface area contributed by atoms with Crippen LogP contribution in [0.15, 0.2) is 79.0 Å². The molecular weight excluding hydrogens is 458 g/mol. The van der Waals surface area contributed by atoms with Crippen molar-refractivity contribution in [3.05, 3.63) is 95.7 Å². The quantitative estimate of drug-likeness (QED) is 0.318. The van der Waals surface area contributed by atoms with Crippen LogP contribution in [-0.4, -0.2) is 47.9 Å². The molecule has 178 valence electrons. The van der Waals surface area contributed by atoms with Gasteiger partial charge in [-0.3, -0.25) is 29.2 Å². The van der Waals surface area contributed by atoms with Gasteiger partial charge in [0.25, 0.3) is 17.7 Å². The van der Waals surface area contributed by atoms with Crippen LogP contribution in [0.25, 0.3) is 10.9 Å². The van der Waals surface area contributed by atoms with Crippen molar-refractivity contribution in [2.24, 2.45) is 0 Å². The van der Waals surface area contributed by atoms with Crippen LogP contribution in [0.3, 0.4) is 0 Å². The molecule has 1 aromatic heterocycles. The largest absolute Gasteiger partial charge is 0.497 e. The van der Waals surface area contributed by atoms with E-state index >= 15 is 0 Å². The van der Waals surface area contributed by atoms with Gasteiger partial charge >= 0.3 is 0 Å². The Hall–Kier alpha value is -4.72. The minimum atomic E-state index is -0.994. The molecule has 2 aliphatic rings. The van der Waals surface area contributed by atoms with Crippen molar-refractivity contribution >= 4 is 34.3 Å². The molecule has 4 aromatic rings. The number of imide groups is 1. The Balaban J connectivity index is 1.49. The zero-order chi connectivity index (χ0) is 25.0. The van der Waals surface area contributed by atoms with Crippen LogP contribution in [-0.2, 0) is 4.79 Å². The predicted molar refractivity (Wildman–Crippen MR) is 132 cm³/mol. The van der Waals surface area contributed by atoms with Crippen molar-refractivity contribution < 1.29 is 23.9 Å². The number of carbonyl (C=O) groups excluding carboxylic acids is 3. The van der Waals surface area contributed by atoms with Gasteiger partial charge < -0.3 is 9.47 Å². The van der Waals surface area contributed by atoms with E-state index in [4.69, 9.17) is 9.47 Å². The third kappa shape index (κ3) is 3.00. The summed E-state index contributed by atoms with van der Waals surface area (Å²) in [6.07, 6.45) is 1.65. The molecule has 36 heavy (non-hydrogen) atoms. The van der Waals surface area contributed by atoms with Crippen LogP contribution in [0.2, 0.25) is 0 Å². The van der Waals surface area contributed by atoms with Gasteiger partial charge in [-0.25, -0.2) is 0 Å². The smallest absolute Gasteiger partial charge is 0.262 e. The number of pyridine rings is 1. The number of ether oxygens (including phenoxy) is 2. The maximum absolute atomic E-state index is 13.8. The second-order valence-corrected chi connectivity index (χ2v) is 8.58. The summed E-state index contributed by atoms with van der Waals surface area (Å²) in [6, 6.07) is 19.5. The lowest BCUT2D eigenvalue weighted by Crippen LogP contribution is -2.67. The van der Waals surface area contributed by atoms with Crippen molar-refractivity contribution in [2.45, 2.75) is 12.1 Å². The Labute approximate surface area is 206 Å². The fourth-order valence-corrected chi connectivity index (χ4v) is 5.09. The van der Waals surface area contributed by atoms with Crippen LogP contribution >= 0.6 is 0 Å². The maximum Gasteiger partial charge on any atom is 0.262 e. The Kier molecular flexibility index (Phi) is 4.96. The molecule has 1 fully saturated rings. The highest BCUT2D eigenvalue weighted by molar-refractivity contribution is 6.25. The zero-order valence-electron chi connectivity index (χ0n) is 19.5. The lowest BCUT2D eigenvalue weighted by atomic mass is 9.86. The van der Waals surface area contributed by atoms with Gasteiger partial charge in [-0.05, 0) is 54.1 Å². The van der Waals surface area contributed by atoms with Crippen molar-refractivity contribution in [3.63, 3.8) is 0 Å². The molecule has 2 aliphatic heterocycles. The number of fused-ring (bicyclic) bond motifs is 2. The van der Waals surface area contributed by atoms with Crippen LogP contribution in [0, 0.1) is 0 Å². The topological polar surface area (TPSA) is 89.0 Å². The first kappa shape index (κ1) is 21.8. The van der Waals surface area contributed by atoms with E-state index < -0.39 is 23.9 Å². The van der Waals surface area contributed by atoms with Crippen molar-refractivity contribution in [2.75, 3.05) is 19.1 Å². The maximum atomic E-state index is 13.8. The van der Waals surface area contributed by atoms with Gasteiger partial charge in [0.15, 0.2) is 0 Å². The number of rotatable bonds is 5. The van der Waals surface area contributed by atoms with Gasteiger partial charge in [-0.15, -0.1) is 0 Å². The zero-order valence-corrected chi connectivity index (χ0v) is 19.5. The minimum Gasteiger partial charge on any atom is -0.497 e. The first-order valence-electron chi connectivity index (χ1n) is 11.4. The number of β-lactam (4-membered cyclic amide) rings is 1. The highest BCUT2D eigenvalue weighted by atomic mass is 16.5. The summed E-state index contributed by atoms with van der Waals surface area (Å²) < 4.78 is 10.8. The van der Waals surface area contributed by atoms with Gasteiger partial charge in [0.05, 0.1) is 42.6 Å². The van der Waals surface area contributed by atoms with Gasteiger partial charge in [-0.1, -0.05) is 24.3 Å². The summed E-state index contributed by atoms with van der Waals surface area (Å²) in [6.45, 7) is 0. The minimum absolute atomic E-state index is 0.304. The van der Waals surface area contributed by atoms with Crippen LogP contribution in [0.1, 0.15) is 32.3 Å². The van der Waals surface area contributed by atoms with E-state index in [0.29, 0.717) is 33.8 Å². The van der Waals surface area contributed by atoms with Crippen LogP contribution < -0.4 is 14.4 Å². The number of nitrogens with zero attached hydrogens (tertiary/aromatic N) is 3. The molecule has 0 N–H and O–H groups in total. The number of benzene rings is 3. The average molecular weight is 479 g/mol.